The fourth-order valence-electron chi connectivity index (χ4n) is 1.88. The minimum absolute atomic E-state index is 0.195. The van der Waals surface area contributed by atoms with E-state index in [1.54, 1.807) is 18.4 Å². The van der Waals surface area contributed by atoms with E-state index < -0.39 is 6.10 Å². The molecule has 0 bridgehead atoms. The summed E-state index contributed by atoms with van der Waals surface area (Å²) in [6.07, 6.45) is -0.444. The highest BCUT2D eigenvalue weighted by atomic mass is 32.1. The van der Waals surface area contributed by atoms with Crippen molar-refractivity contribution < 1.29 is 9.84 Å². The monoisotopic (exact) mass is 277 g/mol. The third-order valence-electron chi connectivity index (χ3n) is 3.10. The molecule has 0 spiro atoms. The SMILES string of the molecule is COc1ccc([C@H](C)NCC(O)c2cccs2)cc1. The number of rotatable bonds is 6. The first-order valence-electron chi connectivity index (χ1n) is 6.29. The zero-order chi connectivity index (χ0) is 13.7. The van der Waals surface area contributed by atoms with Gasteiger partial charge in [0.25, 0.3) is 0 Å². The average Bonchev–Trinajstić information content (AvgIpc) is 2.98. The Balaban J connectivity index is 1.88. The van der Waals surface area contributed by atoms with Crippen LogP contribution in [0.3, 0.4) is 0 Å². The number of ether oxygens (including phenoxy) is 1. The number of aliphatic hydroxyl groups excluding tert-OH is 1. The van der Waals surface area contributed by atoms with Crippen LogP contribution in [-0.2, 0) is 0 Å². The van der Waals surface area contributed by atoms with Gasteiger partial charge in [0, 0.05) is 17.5 Å². The van der Waals surface area contributed by atoms with Gasteiger partial charge < -0.3 is 15.2 Å². The number of hydrogen-bond acceptors (Lipinski definition) is 4. The molecule has 102 valence electrons. The lowest BCUT2D eigenvalue weighted by molar-refractivity contribution is 0.174. The lowest BCUT2D eigenvalue weighted by Crippen LogP contribution is -2.24. The molecule has 4 heteroatoms. The minimum atomic E-state index is -0.444. The molecule has 0 aliphatic heterocycles. The highest BCUT2D eigenvalue weighted by Gasteiger charge is 2.11. The molecule has 2 atom stereocenters. The van der Waals surface area contributed by atoms with E-state index in [-0.39, 0.29) is 6.04 Å². The Morgan fingerprint density at radius 1 is 1.26 bits per heavy atom. The maximum absolute atomic E-state index is 10.0. The van der Waals surface area contributed by atoms with Gasteiger partial charge in [-0.3, -0.25) is 0 Å². The van der Waals surface area contributed by atoms with Crippen LogP contribution in [0, 0.1) is 0 Å². The third kappa shape index (κ3) is 3.80. The second-order valence-corrected chi connectivity index (χ2v) is 5.41. The van der Waals surface area contributed by atoms with Crippen molar-refractivity contribution in [1.82, 2.24) is 5.32 Å². The van der Waals surface area contributed by atoms with E-state index in [1.165, 1.54) is 5.56 Å². The molecule has 0 radical (unpaired) electrons. The summed E-state index contributed by atoms with van der Waals surface area (Å²) >= 11 is 1.58. The highest BCUT2D eigenvalue weighted by molar-refractivity contribution is 7.10. The first-order valence-corrected chi connectivity index (χ1v) is 7.17. The number of aliphatic hydroxyl groups is 1. The number of methoxy groups -OCH3 is 1. The Bertz CT molecular complexity index is 481. The maximum atomic E-state index is 10.0. The predicted molar refractivity (Wildman–Crippen MR) is 78.7 cm³/mol. The molecule has 0 saturated heterocycles. The molecule has 19 heavy (non-hydrogen) atoms. The van der Waals surface area contributed by atoms with Gasteiger partial charge in [0.05, 0.1) is 7.11 Å². The van der Waals surface area contributed by atoms with Gasteiger partial charge in [-0.25, -0.2) is 0 Å². The van der Waals surface area contributed by atoms with Gasteiger partial charge >= 0.3 is 0 Å². The van der Waals surface area contributed by atoms with Gasteiger partial charge in [0.1, 0.15) is 11.9 Å². The summed E-state index contributed by atoms with van der Waals surface area (Å²) in [6.45, 7) is 2.64. The van der Waals surface area contributed by atoms with E-state index in [1.807, 2.05) is 41.8 Å². The van der Waals surface area contributed by atoms with Crippen LogP contribution in [0.1, 0.15) is 29.5 Å². The summed E-state index contributed by atoms with van der Waals surface area (Å²) in [7, 11) is 1.66. The van der Waals surface area contributed by atoms with Crippen LogP contribution in [0.25, 0.3) is 0 Å². The fourth-order valence-corrected chi connectivity index (χ4v) is 2.59. The van der Waals surface area contributed by atoms with Gasteiger partial charge in [-0.15, -0.1) is 11.3 Å². The van der Waals surface area contributed by atoms with Crippen molar-refractivity contribution in [3.05, 3.63) is 52.2 Å². The number of benzene rings is 1. The molecule has 1 aromatic carbocycles. The Morgan fingerprint density at radius 2 is 2.00 bits per heavy atom. The Morgan fingerprint density at radius 3 is 2.58 bits per heavy atom. The van der Waals surface area contributed by atoms with E-state index in [0.29, 0.717) is 6.54 Å². The largest absolute Gasteiger partial charge is 0.497 e. The molecule has 0 saturated carbocycles. The second-order valence-electron chi connectivity index (χ2n) is 4.43. The Kier molecular flexibility index (Phi) is 4.96. The van der Waals surface area contributed by atoms with Crippen molar-refractivity contribution in [2.45, 2.75) is 19.1 Å². The van der Waals surface area contributed by atoms with Gasteiger partial charge in [0.2, 0.25) is 0 Å². The van der Waals surface area contributed by atoms with E-state index in [0.717, 1.165) is 10.6 Å². The molecule has 0 fully saturated rings. The van der Waals surface area contributed by atoms with E-state index in [9.17, 15) is 5.11 Å². The topological polar surface area (TPSA) is 41.5 Å². The lowest BCUT2D eigenvalue weighted by Gasteiger charge is -2.17. The van der Waals surface area contributed by atoms with Crippen molar-refractivity contribution >= 4 is 11.3 Å². The smallest absolute Gasteiger partial charge is 0.118 e. The molecule has 0 amide bonds. The highest BCUT2D eigenvalue weighted by Crippen LogP contribution is 2.20. The molecule has 2 N–H and O–H groups in total. The van der Waals surface area contributed by atoms with E-state index in [2.05, 4.69) is 12.2 Å². The molecular formula is C15H19NO2S. The van der Waals surface area contributed by atoms with Crippen molar-refractivity contribution in [2.24, 2.45) is 0 Å². The molecule has 3 nitrogen and oxygen atoms in total. The molecule has 1 heterocycles. The third-order valence-corrected chi connectivity index (χ3v) is 4.08. The quantitative estimate of drug-likeness (QED) is 0.852. The summed E-state index contributed by atoms with van der Waals surface area (Å²) in [5.74, 6) is 0.856. The first-order chi connectivity index (χ1) is 9.20. The van der Waals surface area contributed by atoms with Gasteiger partial charge in [-0.05, 0) is 36.1 Å². The van der Waals surface area contributed by atoms with Crippen LogP contribution in [0.15, 0.2) is 41.8 Å². The molecule has 0 aliphatic carbocycles. The van der Waals surface area contributed by atoms with Crippen LogP contribution in [0.2, 0.25) is 0 Å². The molecule has 1 aromatic heterocycles. The Hall–Kier alpha value is -1.36. The summed E-state index contributed by atoms with van der Waals surface area (Å²) in [6, 6.07) is 12.1. The summed E-state index contributed by atoms with van der Waals surface area (Å²) in [4.78, 5) is 0.995. The number of hydrogen-bond donors (Lipinski definition) is 2. The second kappa shape index (κ2) is 6.70. The predicted octanol–water partition coefficient (Wildman–Crippen LogP) is 3.14. The maximum Gasteiger partial charge on any atom is 0.118 e. The standard InChI is InChI=1S/C15H19NO2S/c1-11(12-5-7-13(18-2)8-6-12)16-10-14(17)15-4-3-9-19-15/h3-9,11,14,16-17H,10H2,1-2H3/t11-,14?/m0/s1. The summed E-state index contributed by atoms with van der Waals surface area (Å²) in [5.41, 5.74) is 1.18. The van der Waals surface area contributed by atoms with Gasteiger partial charge in [-0.2, -0.15) is 0 Å². The molecule has 2 aromatic rings. The van der Waals surface area contributed by atoms with Crippen LogP contribution in [0.5, 0.6) is 5.75 Å². The number of nitrogens with one attached hydrogen (secondary N) is 1. The van der Waals surface area contributed by atoms with Gasteiger partial charge in [-0.1, -0.05) is 18.2 Å². The lowest BCUT2D eigenvalue weighted by atomic mass is 10.1. The van der Waals surface area contributed by atoms with Crippen LogP contribution < -0.4 is 10.1 Å². The Labute approximate surface area is 117 Å². The van der Waals surface area contributed by atoms with Gasteiger partial charge in [0.15, 0.2) is 0 Å². The van der Waals surface area contributed by atoms with Crippen molar-refractivity contribution in [1.29, 1.82) is 0 Å². The molecule has 0 aliphatic rings. The minimum Gasteiger partial charge on any atom is -0.497 e. The van der Waals surface area contributed by atoms with Crippen molar-refractivity contribution in [3.8, 4) is 5.75 Å². The molecular weight excluding hydrogens is 258 g/mol. The summed E-state index contributed by atoms with van der Waals surface area (Å²) in [5, 5.41) is 15.3. The van der Waals surface area contributed by atoms with Crippen LogP contribution in [-0.4, -0.2) is 18.8 Å². The van der Waals surface area contributed by atoms with E-state index in [4.69, 9.17) is 4.74 Å². The average molecular weight is 277 g/mol. The van der Waals surface area contributed by atoms with Crippen molar-refractivity contribution in [2.75, 3.05) is 13.7 Å². The van der Waals surface area contributed by atoms with Crippen molar-refractivity contribution in [3.63, 3.8) is 0 Å². The number of thiophene rings is 1. The van der Waals surface area contributed by atoms with Crippen LogP contribution >= 0.6 is 11.3 Å². The van der Waals surface area contributed by atoms with E-state index >= 15 is 0 Å². The summed E-state index contributed by atoms with van der Waals surface area (Å²) < 4.78 is 5.14. The van der Waals surface area contributed by atoms with Crippen LogP contribution in [0.4, 0.5) is 0 Å². The zero-order valence-electron chi connectivity index (χ0n) is 11.2. The molecule has 1 unspecified atom stereocenters. The fraction of sp³-hybridized carbons (Fsp3) is 0.333. The zero-order valence-corrected chi connectivity index (χ0v) is 12.0. The first kappa shape index (κ1) is 14.1. The normalized spacial score (nSPS) is 14.1. The molecule has 2 rings (SSSR count).